The first-order valence-electron chi connectivity index (χ1n) is 7.64. The first-order chi connectivity index (χ1) is 9.05. The number of hydrogen-bond acceptors (Lipinski definition) is 3. The highest BCUT2D eigenvalue weighted by Crippen LogP contribution is 2.20. The van der Waals surface area contributed by atoms with Crippen molar-refractivity contribution < 1.29 is 9.90 Å². The molecule has 0 aliphatic carbocycles. The number of rotatable bonds is 7. The normalized spacial score (nSPS) is 17.3. The average Bonchev–Trinajstić information content (AvgIpc) is 2.65. The molecule has 0 saturated carbocycles. The van der Waals surface area contributed by atoms with E-state index in [1.165, 1.54) is 12.8 Å². The second-order valence-corrected chi connectivity index (χ2v) is 6.39. The topological polar surface area (TPSA) is 52.6 Å². The predicted molar refractivity (Wildman–Crippen MR) is 78.0 cm³/mol. The minimum Gasteiger partial charge on any atom is -0.396 e. The van der Waals surface area contributed by atoms with E-state index in [1.54, 1.807) is 0 Å². The maximum Gasteiger partial charge on any atom is 0.236 e. The van der Waals surface area contributed by atoms with Crippen LogP contribution in [0.1, 0.15) is 52.4 Å². The molecular formula is C15H30N2O2. The molecule has 1 heterocycles. The summed E-state index contributed by atoms with van der Waals surface area (Å²) < 4.78 is 0. The first kappa shape index (κ1) is 16.4. The number of carbonyl (C=O) groups excluding carboxylic acids is 1. The molecule has 4 heteroatoms. The van der Waals surface area contributed by atoms with Crippen molar-refractivity contribution >= 4 is 5.91 Å². The van der Waals surface area contributed by atoms with Gasteiger partial charge in [0.15, 0.2) is 0 Å². The van der Waals surface area contributed by atoms with E-state index in [-0.39, 0.29) is 17.9 Å². The van der Waals surface area contributed by atoms with Crippen LogP contribution in [0.5, 0.6) is 0 Å². The molecular weight excluding hydrogens is 240 g/mol. The summed E-state index contributed by atoms with van der Waals surface area (Å²) in [6.07, 6.45) is 6.61. The molecule has 1 amide bonds. The van der Waals surface area contributed by atoms with Crippen LogP contribution in [0.4, 0.5) is 0 Å². The molecule has 19 heavy (non-hydrogen) atoms. The van der Waals surface area contributed by atoms with E-state index in [9.17, 15) is 4.79 Å². The molecule has 2 N–H and O–H groups in total. The number of aliphatic hydroxyl groups is 1. The SMILES string of the molecule is CC(C)(CCCO)CNCC(=O)N1CCCCCC1. The maximum atomic E-state index is 12.1. The lowest BCUT2D eigenvalue weighted by molar-refractivity contribution is -0.130. The van der Waals surface area contributed by atoms with Gasteiger partial charge >= 0.3 is 0 Å². The van der Waals surface area contributed by atoms with Crippen molar-refractivity contribution in [2.45, 2.75) is 52.4 Å². The lowest BCUT2D eigenvalue weighted by Gasteiger charge is -2.26. The molecule has 4 nitrogen and oxygen atoms in total. The molecule has 112 valence electrons. The van der Waals surface area contributed by atoms with Gasteiger partial charge in [-0.05, 0) is 31.1 Å². The van der Waals surface area contributed by atoms with Crippen molar-refractivity contribution in [1.29, 1.82) is 0 Å². The lowest BCUT2D eigenvalue weighted by atomic mass is 9.88. The van der Waals surface area contributed by atoms with Crippen LogP contribution in [0.25, 0.3) is 0 Å². The number of hydrogen-bond donors (Lipinski definition) is 2. The van der Waals surface area contributed by atoms with Crippen LogP contribution in [0.3, 0.4) is 0 Å². The van der Waals surface area contributed by atoms with E-state index in [0.717, 1.165) is 45.3 Å². The summed E-state index contributed by atoms with van der Waals surface area (Å²) in [5.41, 5.74) is 0.141. The summed E-state index contributed by atoms with van der Waals surface area (Å²) in [7, 11) is 0. The molecule has 0 aromatic rings. The van der Waals surface area contributed by atoms with Crippen molar-refractivity contribution in [3.63, 3.8) is 0 Å². The zero-order valence-corrected chi connectivity index (χ0v) is 12.6. The Morgan fingerprint density at radius 2 is 1.84 bits per heavy atom. The van der Waals surface area contributed by atoms with Crippen molar-refractivity contribution in [2.24, 2.45) is 5.41 Å². The third kappa shape index (κ3) is 6.92. The lowest BCUT2D eigenvalue weighted by Crippen LogP contribution is -2.41. The summed E-state index contributed by atoms with van der Waals surface area (Å²) in [5, 5.41) is 12.1. The maximum absolute atomic E-state index is 12.1. The molecule has 0 aromatic heterocycles. The van der Waals surface area contributed by atoms with Crippen molar-refractivity contribution in [1.82, 2.24) is 10.2 Å². The molecule has 1 rings (SSSR count). The summed E-state index contributed by atoms with van der Waals surface area (Å²) in [4.78, 5) is 14.1. The Morgan fingerprint density at radius 1 is 1.21 bits per heavy atom. The highest BCUT2D eigenvalue weighted by atomic mass is 16.2. The molecule has 0 bridgehead atoms. The number of amides is 1. The third-order valence-corrected chi connectivity index (χ3v) is 3.85. The summed E-state index contributed by atoms with van der Waals surface area (Å²) in [6, 6.07) is 0. The fraction of sp³-hybridized carbons (Fsp3) is 0.933. The Kier molecular flexibility index (Phi) is 7.39. The van der Waals surface area contributed by atoms with Crippen molar-refractivity contribution in [3.8, 4) is 0 Å². The van der Waals surface area contributed by atoms with Gasteiger partial charge in [-0.3, -0.25) is 4.79 Å². The summed E-state index contributed by atoms with van der Waals surface area (Å²) in [6.45, 7) is 7.71. The van der Waals surface area contributed by atoms with Gasteiger partial charge in [0.2, 0.25) is 5.91 Å². The van der Waals surface area contributed by atoms with E-state index >= 15 is 0 Å². The number of nitrogens with zero attached hydrogens (tertiary/aromatic N) is 1. The zero-order valence-electron chi connectivity index (χ0n) is 12.6. The highest BCUT2D eigenvalue weighted by Gasteiger charge is 2.19. The Balaban J connectivity index is 2.21. The highest BCUT2D eigenvalue weighted by molar-refractivity contribution is 5.78. The fourth-order valence-corrected chi connectivity index (χ4v) is 2.59. The summed E-state index contributed by atoms with van der Waals surface area (Å²) in [5.74, 6) is 0.236. The number of carbonyl (C=O) groups is 1. The molecule has 1 aliphatic rings. The quantitative estimate of drug-likeness (QED) is 0.741. The van der Waals surface area contributed by atoms with Crippen molar-refractivity contribution in [3.05, 3.63) is 0 Å². The monoisotopic (exact) mass is 270 g/mol. The van der Waals surface area contributed by atoms with Gasteiger partial charge in [0.05, 0.1) is 6.54 Å². The molecule has 1 saturated heterocycles. The first-order valence-corrected chi connectivity index (χ1v) is 7.64. The Morgan fingerprint density at radius 3 is 2.42 bits per heavy atom. The van der Waals surface area contributed by atoms with Gasteiger partial charge in [0.25, 0.3) is 0 Å². The van der Waals surface area contributed by atoms with Gasteiger partial charge in [-0.2, -0.15) is 0 Å². The molecule has 0 radical (unpaired) electrons. The van der Waals surface area contributed by atoms with E-state index in [4.69, 9.17) is 5.11 Å². The molecule has 0 atom stereocenters. The molecule has 1 fully saturated rings. The number of likely N-dealkylation sites (tertiary alicyclic amines) is 1. The van der Waals surface area contributed by atoms with Gasteiger partial charge in [0.1, 0.15) is 0 Å². The van der Waals surface area contributed by atoms with E-state index in [0.29, 0.717) is 6.54 Å². The van der Waals surface area contributed by atoms with Crippen LogP contribution in [0.15, 0.2) is 0 Å². The van der Waals surface area contributed by atoms with Gasteiger partial charge in [-0.25, -0.2) is 0 Å². The van der Waals surface area contributed by atoms with Crippen LogP contribution < -0.4 is 5.32 Å². The zero-order chi connectivity index (χ0) is 14.1. The minimum atomic E-state index is 0.141. The smallest absolute Gasteiger partial charge is 0.236 e. The van der Waals surface area contributed by atoms with Gasteiger partial charge in [-0.15, -0.1) is 0 Å². The van der Waals surface area contributed by atoms with Crippen molar-refractivity contribution in [2.75, 3.05) is 32.8 Å². The van der Waals surface area contributed by atoms with Crippen LogP contribution in [0, 0.1) is 5.41 Å². The van der Waals surface area contributed by atoms with Crippen LogP contribution in [-0.2, 0) is 4.79 Å². The molecule has 0 aromatic carbocycles. The van der Waals surface area contributed by atoms with Crippen LogP contribution in [0.2, 0.25) is 0 Å². The van der Waals surface area contributed by atoms with E-state index in [1.807, 2.05) is 4.90 Å². The number of aliphatic hydroxyl groups excluding tert-OH is 1. The molecule has 1 aliphatic heterocycles. The second-order valence-electron chi connectivity index (χ2n) is 6.39. The third-order valence-electron chi connectivity index (χ3n) is 3.85. The van der Waals surface area contributed by atoms with Gasteiger partial charge < -0.3 is 15.3 Å². The van der Waals surface area contributed by atoms with Crippen LogP contribution in [-0.4, -0.2) is 48.7 Å². The van der Waals surface area contributed by atoms with E-state index < -0.39 is 0 Å². The second kappa shape index (κ2) is 8.54. The Labute approximate surface area is 117 Å². The Hall–Kier alpha value is -0.610. The Bertz CT molecular complexity index is 259. The number of nitrogens with one attached hydrogen (secondary N) is 1. The van der Waals surface area contributed by atoms with Gasteiger partial charge in [0, 0.05) is 26.2 Å². The fourth-order valence-electron chi connectivity index (χ4n) is 2.59. The predicted octanol–water partition coefficient (Wildman–Crippen LogP) is 1.78. The van der Waals surface area contributed by atoms with E-state index in [2.05, 4.69) is 19.2 Å². The largest absolute Gasteiger partial charge is 0.396 e. The minimum absolute atomic E-state index is 0.141. The van der Waals surface area contributed by atoms with Crippen LogP contribution >= 0.6 is 0 Å². The summed E-state index contributed by atoms with van der Waals surface area (Å²) >= 11 is 0. The molecule has 0 spiro atoms. The molecule has 0 unspecified atom stereocenters. The van der Waals surface area contributed by atoms with Gasteiger partial charge in [-0.1, -0.05) is 26.7 Å². The standard InChI is InChI=1S/C15H30N2O2/c1-15(2,8-7-11-18)13-16-12-14(19)17-9-5-3-4-6-10-17/h16,18H,3-13H2,1-2H3. The average molecular weight is 270 g/mol.